The first-order valence-electron chi connectivity index (χ1n) is 6.37. The van der Waals surface area contributed by atoms with Crippen molar-refractivity contribution in [3.63, 3.8) is 0 Å². The molecule has 0 fully saturated rings. The maximum Gasteiger partial charge on any atom is 0.256 e. The van der Waals surface area contributed by atoms with Crippen LogP contribution in [-0.2, 0) is 6.54 Å². The van der Waals surface area contributed by atoms with Crippen LogP contribution in [0, 0.1) is 0 Å². The van der Waals surface area contributed by atoms with Crippen molar-refractivity contribution in [3.05, 3.63) is 59.9 Å². The minimum atomic E-state index is 0.0814. The second kappa shape index (κ2) is 5.10. The van der Waals surface area contributed by atoms with Crippen LogP contribution >= 0.6 is 0 Å². The van der Waals surface area contributed by atoms with E-state index in [4.69, 9.17) is 0 Å². The lowest BCUT2D eigenvalue weighted by molar-refractivity contribution is 0.0784. The van der Waals surface area contributed by atoms with Gasteiger partial charge in [-0.15, -0.1) is 0 Å². The standard InChI is InChI=1S/C15H15N3O/c19-15-13-7-4-8-17-14(13)11-18(15)10-9-16-12-5-2-1-3-6-12/h1-8,16H,9-11H2. The van der Waals surface area contributed by atoms with Crippen LogP contribution in [0.1, 0.15) is 16.1 Å². The van der Waals surface area contributed by atoms with Crippen molar-refractivity contribution in [3.8, 4) is 0 Å². The van der Waals surface area contributed by atoms with Crippen molar-refractivity contribution >= 4 is 11.6 Å². The summed E-state index contributed by atoms with van der Waals surface area (Å²) in [5.74, 6) is 0.0814. The van der Waals surface area contributed by atoms with Crippen LogP contribution < -0.4 is 5.32 Å². The van der Waals surface area contributed by atoms with E-state index in [1.54, 1.807) is 6.20 Å². The Balaban J connectivity index is 1.57. The molecule has 0 unspecified atom stereocenters. The molecule has 4 heteroatoms. The molecular weight excluding hydrogens is 238 g/mol. The number of fused-ring (bicyclic) bond motifs is 1. The summed E-state index contributed by atoms with van der Waals surface area (Å²) in [7, 11) is 0. The van der Waals surface area contributed by atoms with E-state index < -0.39 is 0 Å². The first-order chi connectivity index (χ1) is 9.34. The number of nitrogens with zero attached hydrogens (tertiary/aromatic N) is 2. The molecule has 0 saturated heterocycles. The monoisotopic (exact) mass is 253 g/mol. The van der Waals surface area contributed by atoms with Crippen LogP contribution in [0.15, 0.2) is 48.7 Å². The van der Waals surface area contributed by atoms with E-state index in [0.717, 1.165) is 23.5 Å². The van der Waals surface area contributed by atoms with Crippen molar-refractivity contribution in [2.45, 2.75) is 6.54 Å². The fourth-order valence-corrected chi connectivity index (χ4v) is 2.25. The number of carbonyl (C=O) groups excluding carboxylic acids is 1. The lowest BCUT2D eigenvalue weighted by atomic mass is 10.2. The number of para-hydroxylation sites is 1. The molecule has 19 heavy (non-hydrogen) atoms. The van der Waals surface area contributed by atoms with Gasteiger partial charge in [-0.05, 0) is 24.3 Å². The quantitative estimate of drug-likeness (QED) is 0.908. The molecule has 1 aliphatic heterocycles. The number of nitrogens with one attached hydrogen (secondary N) is 1. The Bertz CT molecular complexity index is 583. The highest BCUT2D eigenvalue weighted by atomic mass is 16.2. The zero-order valence-electron chi connectivity index (χ0n) is 10.5. The number of pyridine rings is 1. The van der Waals surface area contributed by atoms with E-state index in [-0.39, 0.29) is 5.91 Å². The number of anilines is 1. The predicted octanol–water partition coefficient (Wildman–Crippen LogP) is 2.15. The van der Waals surface area contributed by atoms with Gasteiger partial charge < -0.3 is 10.2 Å². The van der Waals surface area contributed by atoms with Crippen LogP contribution in [-0.4, -0.2) is 28.9 Å². The Morgan fingerprint density at radius 3 is 2.79 bits per heavy atom. The number of carbonyl (C=O) groups is 1. The summed E-state index contributed by atoms with van der Waals surface area (Å²) < 4.78 is 0. The highest BCUT2D eigenvalue weighted by Gasteiger charge is 2.27. The van der Waals surface area contributed by atoms with Gasteiger partial charge in [0.25, 0.3) is 5.91 Å². The Morgan fingerprint density at radius 2 is 2.00 bits per heavy atom. The summed E-state index contributed by atoms with van der Waals surface area (Å²) in [6.07, 6.45) is 1.73. The summed E-state index contributed by atoms with van der Waals surface area (Å²) >= 11 is 0. The van der Waals surface area contributed by atoms with Crippen LogP contribution in [0.2, 0.25) is 0 Å². The molecule has 1 aromatic heterocycles. The van der Waals surface area contributed by atoms with Gasteiger partial charge in [0, 0.05) is 25.0 Å². The second-order valence-electron chi connectivity index (χ2n) is 4.52. The number of hydrogen-bond acceptors (Lipinski definition) is 3. The molecule has 1 aromatic carbocycles. The molecule has 0 radical (unpaired) electrons. The van der Waals surface area contributed by atoms with Crippen LogP contribution in [0.3, 0.4) is 0 Å². The van der Waals surface area contributed by atoms with Crippen LogP contribution in [0.25, 0.3) is 0 Å². The molecule has 0 bridgehead atoms. The summed E-state index contributed by atoms with van der Waals surface area (Å²) in [4.78, 5) is 18.2. The third-order valence-corrected chi connectivity index (χ3v) is 3.23. The van der Waals surface area contributed by atoms with E-state index in [9.17, 15) is 4.79 Å². The predicted molar refractivity (Wildman–Crippen MR) is 73.9 cm³/mol. The van der Waals surface area contributed by atoms with E-state index in [1.807, 2.05) is 47.4 Å². The van der Waals surface area contributed by atoms with E-state index in [2.05, 4.69) is 10.3 Å². The molecular formula is C15H15N3O. The fraction of sp³-hybridized carbons (Fsp3) is 0.200. The molecule has 4 nitrogen and oxygen atoms in total. The first kappa shape index (κ1) is 11.7. The molecule has 1 N–H and O–H groups in total. The number of aromatic nitrogens is 1. The van der Waals surface area contributed by atoms with Crippen LogP contribution in [0.5, 0.6) is 0 Å². The lowest BCUT2D eigenvalue weighted by Crippen LogP contribution is -2.29. The van der Waals surface area contributed by atoms with Crippen molar-refractivity contribution in [2.75, 3.05) is 18.4 Å². The molecule has 96 valence electrons. The minimum absolute atomic E-state index is 0.0814. The molecule has 1 amide bonds. The van der Waals surface area contributed by atoms with E-state index >= 15 is 0 Å². The van der Waals surface area contributed by atoms with Gasteiger partial charge in [0.05, 0.1) is 17.8 Å². The van der Waals surface area contributed by atoms with Gasteiger partial charge >= 0.3 is 0 Å². The number of rotatable bonds is 4. The van der Waals surface area contributed by atoms with Gasteiger partial charge in [-0.1, -0.05) is 18.2 Å². The lowest BCUT2D eigenvalue weighted by Gasteiger charge is -2.16. The molecule has 1 aliphatic rings. The van der Waals surface area contributed by atoms with Gasteiger partial charge in [0.15, 0.2) is 0 Å². The first-order valence-corrected chi connectivity index (χ1v) is 6.37. The Kier molecular flexibility index (Phi) is 3.14. The van der Waals surface area contributed by atoms with Gasteiger partial charge in [-0.25, -0.2) is 0 Å². The van der Waals surface area contributed by atoms with Crippen LogP contribution in [0.4, 0.5) is 5.69 Å². The third kappa shape index (κ3) is 2.42. The maximum atomic E-state index is 12.1. The molecule has 2 aromatic rings. The average Bonchev–Trinajstić information content (AvgIpc) is 2.78. The summed E-state index contributed by atoms with van der Waals surface area (Å²) in [5, 5.41) is 3.30. The van der Waals surface area contributed by atoms with Gasteiger partial charge in [-0.3, -0.25) is 9.78 Å². The highest BCUT2D eigenvalue weighted by Crippen LogP contribution is 2.19. The van der Waals surface area contributed by atoms with E-state index in [0.29, 0.717) is 13.1 Å². The largest absolute Gasteiger partial charge is 0.383 e. The highest BCUT2D eigenvalue weighted by molar-refractivity contribution is 5.97. The number of benzene rings is 1. The normalized spacial score (nSPS) is 13.5. The zero-order valence-corrected chi connectivity index (χ0v) is 10.5. The van der Waals surface area contributed by atoms with Crippen molar-refractivity contribution < 1.29 is 4.79 Å². The summed E-state index contributed by atoms with van der Waals surface area (Å²) in [5.41, 5.74) is 2.69. The number of hydrogen-bond donors (Lipinski definition) is 1. The Hall–Kier alpha value is -2.36. The average molecular weight is 253 g/mol. The smallest absolute Gasteiger partial charge is 0.256 e. The molecule has 0 saturated carbocycles. The van der Waals surface area contributed by atoms with E-state index in [1.165, 1.54) is 0 Å². The van der Waals surface area contributed by atoms with Gasteiger partial charge in [0.2, 0.25) is 0 Å². The SMILES string of the molecule is O=C1c2cccnc2CN1CCNc1ccccc1. The van der Waals surface area contributed by atoms with Crippen molar-refractivity contribution in [1.82, 2.24) is 9.88 Å². The third-order valence-electron chi connectivity index (χ3n) is 3.23. The molecule has 0 aliphatic carbocycles. The molecule has 0 spiro atoms. The Labute approximate surface area is 112 Å². The maximum absolute atomic E-state index is 12.1. The zero-order chi connectivity index (χ0) is 13.1. The summed E-state index contributed by atoms with van der Waals surface area (Å²) in [6.45, 7) is 2.04. The second-order valence-corrected chi connectivity index (χ2v) is 4.52. The molecule has 2 heterocycles. The van der Waals surface area contributed by atoms with Crippen molar-refractivity contribution in [2.24, 2.45) is 0 Å². The fourth-order valence-electron chi connectivity index (χ4n) is 2.25. The topological polar surface area (TPSA) is 45.2 Å². The summed E-state index contributed by atoms with van der Waals surface area (Å²) in [6, 6.07) is 13.6. The number of amides is 1. The molecule has 3 rings (SSSR count). The van der Waals surface area contributed by atoms with Crippen molar-refractivity contribution in [1.29, 1.82) is 0 Å². The van der Waals surface area contributed by atoms with Gasteiger partial charge in [0.1, 0.15) is 0 Å². The molecule has 0 atom stereocenters. The Morgan fingerprint density at radius 1 is 1.16 bits per heavy atom. The van der Waals surface area contributed by atoms with Gasteiger partial charge in [-0.2, -0.15) is 0 Å². The minimum Gasteiger partial charge on any atom is -0.383 e.